The molecule has 11 heteroatoms. The number of hydrogen-bond donors (Lipinski definition) is 4. The van der Waals surface area contributed by atoms with Crippen molar-refractivity contribution in [3.8, 4) is 11.5 Å². The number of carboxylic acid groups (broad SMARTS) is 1. The van der Waals surface area contributed by atoms with Gasteiger partial charge in [-0.3, -0.25) is 0 Å². The van der Waals surface area contributed by atoms with Gasteiger partial charge in [-0.2, -0.15) is 0 Å². The average Bonchev–Trinajstić information content (AvgIpc) is 3.22. The second-order valence-corrected chi connectivity index (χ2v) is 10.4. The van der Waals surface area contributed by atoms with E-state index in [9.17, 15) is 29.7 Å². The van der Waals surface area contributed by atoms with Gasteiger partial charge < -0.3 is 39.4 Å². The smallest absolute Gasteiger partial charge is 0.344 e. The van der Waals surface area contributed by atoms with Crippen molar-refractivity contribution in [1.29, 1.82) is 0 Å². The molecular formula is C26H30O11. The lowest BCUT2D eigenvalue weighted by Crippen LogP contribution is -2.69. The van der Waals surface area contributed by atoms with Crippen molar-refractivity contribution < 1.29 is 53.8 Å². The van der Waals surface area contributed by atoms with Crippen LogP contribution in [0.4, 0.5) is 0 Å². The molecule has 0 aromatic heterocycles. The first-order valence-corrected chi connectivity index (χ1v) is 12.3. The minimum Gasteiger partial charge on any atom is -0.493 e. The fraction of sp³-hybridized carbons (Fsp3) is 0.577. The molecule has 1 aromatic carbocycles. The number of carboxylic acids is 1. The molecule has 4 N–H and O–H groups in total. The molecular weight excluding hydrogens is 488 g/mol. The molecule has 0 radical (unpaired) electrons. The van der Waals surface area contributed by atoms with Crippen LogP contribution in [0, 0.1) is 11.8 Å². The van der Waals surface area contributed by atoms with Gasteiger partial charge in [0.25, 0.3) is 0 Å². The molecule has 5 rings (SSSR count). The van der Waals surface area contributed by atoms with Crippen LogP contribution in [-0.2, 0) is 35.7 Å². The molecule has 4 aliphatic rings. The highest BCUT2D eigenvalue weighted by atomic mass is 16.6. The summed E-state index contributed by atoms with van der Waals surface area (Å²) < 4.78 is 21.9. The largest absolute Gasteiger partial charge is 0.493 e. The van der Waals surface area contributed by atoms with Crippen molar-refractivity contribution in [2.24, 2.45) is 11.8 Å². The van der Waals surface area contributed by atoms with Gasteiger partial charge >= 0.3 is 17.9 Å². The number of hydrogen-bond acceptors (Lipinski definition) is 10. The van der Waals surface area contributed by atoms with Gasteiger partial charge in [0, 0.05) is 5.56 Å². The van der Waals surface area contributed by atoms with E-state index in [4.69, 9.17) is 19.3 Å². The third kappa shape index (κ3) is 3.48. The van der Waals surface area contributed by atoms with Crippen molar-refractivity contribution in [1.82, 2.24) is 0 Å². The number of benzene rings is 1. The Hall–Kier alpha value is -3.15. The fourth-order valence-electron chi connectivity index (χ4n) is 6.69. The molecule has 1 unspecified atom stereocenters. The Balaban J connectivity index is 1.46. The number of ether oxygens (including phenoxy) is 4. The van der Waals surface area contributed by atoms with E-state index in [2.05, 4.69) is 11.7 Å². The summed E-state index contributed by atoms with van der Waals surface area (Å²) in [5.41, 5.74) is -0.190. The number of carbonyl (C=O) groups is 3. The van der Waals surface area contributed by atoms with Gasteiger partial charge in [0.2, 0.25) is 0 Å². The van der Waals surface area contributed by atoms with Gasteiger partial charge in [-0.05, 0) is 62.1 Å². The van der Waals surface area contributed by atoms with Crippen LogP contribution in [0.5, 0.6) is 11.5 Å². The zero-order chi connectivity index (χ0) is 26.9. The van der Waals surface area contributed by atoms with Crippen LogP contribution in [0.3, 0.4) is 0 Å². The first-order chi connectivity index (χ1) is 17.5. The summed E-state index contributed by atoms with van der Waals surface area (Å²) >= 11 is 0. The SMILES string of the molecule is COc1ccc2c3c1O[C@H]1C(OC(=O)[C@H](O)[C@@H](O)C(=O)O[C@@H](C)C(=O)O)=CC[C@@]4(O)[C@@H](C2)C(C)CC[C@]314. The van der Waals surface area contributed by atoms with Crippen molar-refractivity contribution in [2.75, 3.05) is 7.11 Å². The lowest BCUT2D eigenvalue weighted by Gasteiger charge is -2.61. The second-order valence-electron chi connectivity index (χ2n) is 10.4. The Morgan fingerprint density at radius 1 is 1.16 bits per heavy atom. The molecule has 1 heterocycles. The van der Waals surface area contributed by atoms with Crippen LogP contribution in [0.25, 0.3) is 0 Å². The molecule has 0 saturated heterocycles. The predicted octanol–water partition coefficient (Wildman–Crippen LogP) is 0.596. The highest BCUT2D eigenvalue weighted by Crippen LogP contribution is 2.68. The summed E-state index contributed by atoms with van der Waals surface area (Å²) in [6.45, 7) is 3.18. The zero-order valence-electron chi connectivity index (χ0n) is 20.7. The van der Waals surface area contributed by atoms with Crippen LogP contribution in [-0.4, -0.2) is 75.5 Å². The Morgan fingerprint density at radius 2 is 1.86 bits per heavy atom. The number of methoxy groups -OCH3 is 1. The van der Waals surface area contributed by atoms with Crippen molar-refractivity contribution in [2.45, 2.75) is 75.0 Å². The molecule has 3 aliphatic carbocycles. The molecule has 37 heavy (non-hydrogen) atoms. The van der Waals surface area contributed by atoms with Gasteiger partial charge in [-0.15, -0.1) is 0 Å². The van der Waals surface area contributed by atoms with Crippen LogP contribution in [0.2, 0.25) is 0 Å². The second kappa shape index (κ2) is 8.71. The van der Waals surface area contributed by atoms with Crippen molar-refractivity contribution in [3.63, 3.8) is 0 Å². The van der Waals surface area contributed by atoms with E-state index in [1.807, 2.05) is 12.1 Å². The Morgan fingerprint density at radius 3 is 2.54 bits per heavy atom. The summed E-state index contributed by atoms with van der Waals surface area (Å²) in [4.78, 5) is 35.7. The third-order valence-electron chi connectivity index (χ3n) is 8.58. The molecule has 11 nitrogen and oxygen atoms in total. The third-order valence-corrected chi connectivity index (χ3v) is 8.58. The lowest BCUT2D eigenvalue weighted by atomic mass is 9.45. The number of aliphatic hydroxyl groups is 3. The number of esters is 2. The van der Waals surface area contributed by atoms with Crippen LogP contribution in [0.15, 0.2) is 24.0 Å². The normalized spacial score (nSPS) is 33.1. The predicted molar refractivity (Wildman–Crippen MR) is 124 cm³/mol. The van der Waals surface area contributed by atoms with E-state index in [0.29, 0.717) is 24.3 Å². The molecule has 1 fully saturated rings. The number of rotatable bonds is 7. The topological polar surface area (TPSA) is 169 Å². The molecule has 8 atom stereocenters. The molecule has 1 spiro atoms. The Labute approximate surface area is 212 Å². The Bertz CT molecular complexity index is 1190. The summed E-state index contributed by atoms with van der Waals surface area (Å²) in [5, 5.41) is 41.4. The molecule has 1 saturated carbocycles. The van der Waals surface area contributed by atoms with Crippen LogP contribution >= 0.6 is 0 Å². The van der Waals surface area contributed by atoms with E-state index in [-0.39, 0.29) is 24.0 Å². The Kier molecular flexibility index (Phi) is 6.00. The minimum absolute atomic E-state index is 0.0487. The molecule has 200 valence electrons. The maximum Gasteiger partial charge on any atom is 0.344 e. The van der Waals surface area contributed by atoms with Crippen LogP contribution in [0.1, 0.15) is 44.2 Å². The van der Waals surface area contributed by atoms with E-state index in [0.717, 1.165) is 24.5 Å². The summed E-state index contributed by atoms with van der Waals surface area (Å²) in [7, 11) is 1.51. The monoisotopic (exact) mass is 518 g/mol. The van der Waals surface area contributed by atoms with Crippen molar-refractivity contribution in [3.05, 3.63) is 35.1 Å². The van der Waals surface area contributed by atoms with Gasteiger partial charge in [-0.1, -0.05) is 13.0 Å². The van der Waals surface area contributed by atoms with Gasteiger partial charge in [0.15, 0.2) is 35.9 Å². The molecule has 1 aromatic rings. The summed E-state index contributed by atoms with van der Waals surface area (Å²) in [6.07, 6.45) is -3.41. The number of carbonyl (C=O) groups excluding carboxylic acids is 2. The van der Waals surface area contributed by atoms with E-state index in [1.54, 1.807) is 6.08 Å². The zero-order valence-corrected chi connectivity index (χ0v) is 20.7. The average molecular weight is 519 g/mol. The van der Waals surface area contributed by atoms with E-state index >= 15 is 0 Å². The van der Waals surface area contributed by atoms with Crippen LogP contribution < -0.4 is 9.47 Å². The minimum atomic E-state index is -2.36. The van der Waals surface area contributed by atoms with E-state index < -0.39 is 53.3 Å². The van der Waals surface area contributed by atoms with Gasteiger partial charge in [-0.25, -0.2) is 14.4 Å². The highest BCUT2D eigenvalue weighted by molar-refractivity contribution is 5.87. The van der Waals surface area contributed by atoms with Gasteiger partial charge in [0.1, 0.15) is 5.76 Å². The lowest BCUT2D eigenvalue weighted by molar-refractivity contribution is -0.182. The molecule has 0 amide bonds. The number of aliphatic hydroxyl groups excluding tert-OH is 2. The molecule has 1 aliphatic heterocycles. The standard InChI is InChI=1S/C26H30O11/c1-11-6-8-25-17-13-4-5-15(34-3)20(17)37-21(25)16(7-9-26(25,33)14(11)10-13)36-24(32)19(28)18(27)23(31)35-12(2)22(29)30/h4-5,7,11-12,14,18-19,21,27-28,33H,6,8-10H2,1-3H3,(H,29,30)/t11?,12-,14-,18+,19+,21-,25-,26+/m0/s1. The fourth-order valence-corrected chi connectivity index (χ4v) is 6.69. The van der Waals surface area contributed by atoms with Crippen molar-refractivity contribution >= 4 is 17.9 Å². The summed E-state index contributed by atoms with van der Waals surface area (Å²) in [5.74, 6) is -3.07. The highest BCUT2D eigenvalue weighted by Gasteiger charge is 2.72. The van der Waals surface area contributed by atoms with E-state index in [1.165, 1.54) is 7.11 Å². The molecule has 2 bridgehead atoms. The first kappa shape index (κ1) is 25.5. The van der Waals surface area contributed by atoms with Gasteiger partial charge in [0.05, 0.1) is 18.1 Å². The number of aliphatic carboxylic acids is 1. The quantitative estimate of drug-likeness (QED) is 0.373. The maximum absolute atomic E-state index is 12.8. The summed E-state index contributed by atoms with van der Waals surface area (Å²) in [6, 6.07) is 3.79. The maximum atomic E-state index is 12.8. The first-order valence-electron chi connectivity index (χ1n) is 12.3.